The number of hydrogen-bond donors (Lipinski definition) is 2. The molecule has 5 nitrogen and oxygen atoms in total. The second kappa shape index (κ2) is 5.29. The zero-order valence-corrected chi connectivity index (χ0v) is 9.94. The molecule has 0 spiro atoms. The van der Waals surface area contributed by atoms with Crippen LogP contribution in [-0.4, -0.2) is 27.9 Å². The van der Waals surface area contributed by atoms with E-state index in [4.69, 9.17) is 10.2 Å². The van der Waals surface area contributed by atoms with Crippen LogP contribution in [0.25, 0.3) is 0 Å². The maximum atomic E-state index is 11.2. The number of Topliss-reactive ketones (excluding diaryl/α,β-unsaturated/α-hetero) is 1. The molecular formula is C12H18O5. The number of rotatable bonds is 5. The van der Waals surface area contributed by atoms with E-state index < -0.39 is 17.4 Å². The van der Waals surface area contributed by atoms with Crippen LogP contribution in [0.1, 0.15) is 45.4 Å². The number of ketones is 1. The second-order valence-corrected chi connectivity index (χ2v) is 5.06. The van der Waals surface area contributed by atoms with Gasteiger partial charge in [-0.2, -0.15) is 0 Å². The number of aliphatic carboxylic acids is 2. The van der Waals surface area contributed by atoms with Crippen molar-refractivity contribution in [3.63, 3.8) is 0 Å². The molecule has 1 rings (SSSR count). The fourth-order valence-corrected chi connectivity index (χ4v) is 2.74. The Labute approximate surface area is 99.8 Å². The highest BCUT2D eigenvalue weighted by Gasteiger charge is 2.39. The van der Waals surface area contributed by atoms with Gasteiger partial charge in [0.25, 0.3) is 0 Å². The molecule has 5 heteroatoms. The van der Waals surface area contributed by atoms with Crippen molar-refractivity contribution in [2.45, 2.75) is 45.4 Å². The summed E-state index contributed by atoms with van der Waals surface area (Å²) in [7, 11) is 0. The van der Waals surface area contributed by atoms with E-state index in [1.54, 1.807) is 0 Å². The Balaban J connectivity index is 2.71. The molecule has 0 saturated heterocycles. The van der Waals surface area contributed by atoms with Crippen molar-refractivity contribution in [2.75, 3.05) is 0 Å². The minimum Gasteiger partial charge on any atom is -0.481 e. The van der Waals surface area contributed by atoms with Crippen LogP contribution in [0, 0.1) is 11.3 Å². The topological polar surface area (TPSA) is 91.7 Å². The van der Waals surface area contributed by atoms with Crippen molar-refractivity contribution in [3.8, 4) is 0 Å². The highest BCUT2D eigenvalue weighted by atomic mass is 16.4. The molecule has 0 aromatic carbocycles. The Bertz CT molecular complexity index is 308. The Morgan fingerprint density at radius 2 is 1.65 bits per heavy atom. The van der Waals surface area contributed by atoms with Gasteiger partial charge >= 0.3 is 11.9 Å². The molecule has 0 radical (unpaired) electrons. The van der Waals surface area contributed by atoms with Crippen molar-refractivity contribution in [3.05, 3.63) is 0 Å². The maximum absolute atomic E-state index is 11.2. The first-order valence-corrected chi connectivity index (χ1v) is 5.79. The third-order valence-corrected chi connectivity index (χ3v) is 3.55. The molecule has 1 aliphatic rings. The van der Waals surface area contributed by atoms with Crippen LogP contribution in [0.5, 0.6) is 0 Å². The van der Waals surface area contributed by atoms with Gasteiger partial charge in [0.15, 0.2) is 0 Å². The number of hydrogen-bond acceptors (Lipinski definition) is 3. The van der Waals surface area contributed by atoms with Crippen molar-refractivity contribution in [2.24, 2.45) is 11.3 Å². The highest BCUT2D eigenvalue weighted by molar-refractivity contribution is 5.78. The molecule has 0 aromatic rings. The van der Waals surface area contributed by atoms with Crippen molar-refractivity contribution < 1.29 is 24.6 Å². The molecule has 0 atom stereocenters. The van der Waals surface area contributed by atoms with Gasteiger partial charge in [0, 0.05) is 6.42 Å². The predicted molar refractivity (Wildman–Crippen MR) is 59.6 cm³/mol. The van der Waals surface area contributed by atoms with E-state index >= 15 is 0 Å². The normalized spacial score (nSPS) is 28.6. The average Bonchev–Trinajstić information content (AvgIpc) is 2.15. The van der Waals surface area contributed by atoms with Gasteiger partial charge in [-0.15, -0.1) is 0 Å². The lowest BCUT2D eigenvalue weighted by atomic mass is 9.66. The third-order valence-electron chi connectivity index (χ3n) is 3.55. The lowest BCUT2D eigenvalue weighted by Gasteiger charge is -2.37. The molecular weight excluding hydrogens is 224 g/mol. The SMILES string of the molecule is CC(=O)CC1(CC(=O)O)CCC(C(=O)O)CC1. The Kier molecular flexibility index (Phi) is 4.26. The summed E-state index contributed by atoms with van der Waals surface area (Å²) in [6.07, 6.45) is 2.15. The van der Waals surface area contributed by atoms with Gasteiger partial charge in [0.1, 0.15) is 5.78 Å². The van der Waals surface area contributed by atoms with E-state index in [2.05, 4.69) is 0 Å². The average molecular weight is 242 g/mol. The molecule has 2 N–H and O–H groups in total. The summed E-state index contributed by atoms with van der Waals surface area (Å²) in [5.74, 6) is -2.15. The van der Waals surface area contributed by atoms with Crippen LogP contribution in [0.4, 0.5) is 0 Å². The molecule has 0 bridgehead atoms. The zero-order chi connectivity index (χ0) is 13.1. The van der Waals surface area contributed by atoms with Crippen LogP contribution in [-0.2, 0) is 14.4 Å². The standard InChI is InChI=1S/C12H18O5/c1-8(13)6-12(7-10(14)15)4-2-9(3-5-12)11(16)17/h9H,2-7H2,1H3,(H,14,15)(H,16,17). The number of carboxylic acid groups (broad SMARTS) is 2. The Hall–Kier alpha value is -1.39. The van der Waals surface area contributed by atoms with Gasteiger partial charge < -0.3 is 15.0 Å². The first-order valence-electron chi connectivity index (χ1n) is 5.79. The van der Waals surface area contributed by atoms with E-state index in [1.165, 1.54) is 6.92 Å². The number of carbonyl (C=O) groups is 3. The van der Waals surface area contributed by atoms with E-state index in [0.717, 1.165) is 0 Å². The number of carbonyl (C=O) groups excluding carboxylic acids is 1. The molecule has 17 heavy (non-hydrogen) atoms. The quantitative estimate of drug-likeness (QED) is 0.765. The van der Waals surface area contributed by atoms with E-state index in [9.17, 15) is 14.4 Å². The van der Waals surface area contributed by atoms with Crippen molar-refractivity contribution in [1.82, 2.24) is 0 Å². The lowest BCUT2D eigenvalue weighted by Crippen LogP contribution is -2.34. The van der Waals surface area contributed by atoms with E-state index in [1.807, 2.05) is 0 Å². The molecule has 0 heterocycles. The lowest BCUT2D eigenvalue weighted by molar-refractivity contribution is -0.145. The summed E-state index contributed by atoms with van der Waals surface area (Å²) in [6, 6.07) is 0. The molecule has 0 amide bonds. The van der Waals surface area contributed by atoms with Crippen LogP contribution in [0.3, 0.4) is 0 Å². The molecule has 0 unspecified atom stereocenters. The fourth-order valence-electron chi connectivity index (χ4n) is 2.74. The van der Waals surface area contributed by atoms with Gasteiger partial charge in [0.05, 0.1) is 12.3 Å². The smallest absolute Gasteiger partial charge is 0.306 e. The second-order valence-electron chi connectivity index (χ2n) is 5.06. The summed E-state index contributed by atoms with van der Waals surface area (Å²) in [5.41, 5.74) is -0.524. The zero-order valence-electron chi connectivity index (χ0n) is 9.94. The van der Waals surface area contributed by atoms with Gasteiger partial charge in [-0.25, -0.2) is 0 Å². The van der Waals surface area contributed by atoms with E-state index in [-0.39, 0.29) is 24.5 Å². The van der Waals surface area contributed by atoms with E-state index in [0.29, 0.717) is 25.7 Å². The predicted octanol–water partition coefficient (Wildman–Crippen LogP) is 1.70. The van der Waals surface area contributed by atoms with Gasteiger partial charge in [-0.05, 0) is 38.0 Å². The Morgan fingerprint density at radius 1 is 1.12 bits per heavy atom. The van der Waals surface area contributed by atoms with Crippen molar-refractivity contribution >= 4 is 17.7 Å². The third kappa shape index (κ3) is 3.84. The first kappa shape index (κ1) is 13.7. The van der Waals surface area contributed by atoms with Crippen LogP contribution < -0.4 is 0 Å². The molecule has 96 valence electrons. The molecule has 1 saturated carbocycles. The summed E-state index contributed by atoms with van der Waals surface area (Å²) >= 11 is 0. The molecule has 1 aliphatic carbocycles. The van der Waals surface area contributed by atoms with Crippen molar-refractivity contribution in [1.29, 1.82) is 0 Å². The maximum Gasteiger partial charge on any atom is 0.306 e. The highest BCUT2D eigenvalue weighted by Crippen LogP contribution is 2.44. The molecule has 0 aromatic heterocycles. The summed E-state index contributed by atoms with van der Waals surface area (Å²) in [4.78, 5) is 32.9. The minimum atomic E-state index is -0.917. The van der Waals surface area contributed by atoms with Gasteiger partial charge in [-0.3, -0.25) is 9.59 Å². The monoisotopic (exact) mass is 242 g/mol. The molecule has 0 aliphatic heterocycles. The largest absolute Gasteiger partial charge is 0.481 e. The van der Waals surface area contributed by atoms with Crippen LogP contribution in [0.2, 0.25) is 0 Å². The minimum absolute atomic E-state index is 0.0278. The summed E-state index contributed by atoms with van der Waals surface area (Å²) < 4.78 is 0. The van der Waals surface area contributed by atoms with Gasteiger partial charge in [0.2, 0.25) is 0 Å². The summed E-state index contributed by atoms with van der Waals surface area (Å²) in [6.45, 7) is 1.45. The summed E-state index contributed by atoms with van der Waals surface area (Å²) in [5, 5.41) is 17.8. The van der Waals surface area contributed by atoms with Gasteiger partial charge in [-0.1, -0.05) is 0 Å². The van der Waals surface area contributed by atoms with Crippen LogP contribution >= 0.6 is 0 Å². The Morgan fingerprint density at radius 3 is 2.00 bits per heavy atom. The fraction of sp³-hybridized carbons (Fsp3) is 0.750. The molecule has 1 fully saturated rings. The first-order chi connectivity index (χ1) is 7.84. The number of carboxylic acids is 2. The van der Waals surface area contributed by atoms with Crippen LogP contribution in [0.15, 0.2) is 0 Å².